The van der Waals surface area contributed by atoms with Crippen LogP contribution in [0, 0.1) is 5.92 Å². The van der Waals surface area contributed by atoms with Gasteiger partial charge in [0.2, 0.25) is 0 Å². The number of ether oxygens (including phenoxy) is 1. The Morgan fingerprint density at radius 1 is 1.38 bits per heavy atom. The van der Waals surface area contributed by atoms with Crippen LogP contribution in [0.25, 0.3) is 0 Å². The lowest BCUT2D eigenvalue weighted by atomic mass is 9.88. The van der Waals surface area contributed by atoms with Gasteiger partial charge >= 0.3 is 6.09 Å². The van der Waals surface area contributed by atoms with Gasteiger partial charge in [0.1, 0.15) is 5.60 Å². The lowest BCUT2D eigenvalue weighted by Gasteiger charge is -2.31. The van der Waals surface area contributed by atoms with E-state index in [9.17, 15) is 9.90 Å². The number of carbonyl (C=O) groups is 1. The van der Waals surface area contributed by atoms with E-state index in [-0.39, 0.29) is 18.2 Å². The third kappa shape index (κ3) is 2.32. The van der Waals surface area contributed by atoms with Crippen LogP contribution in [-0.2, 0) is 4.74 Å². The summed E-state index contributed by atoms with van der Waals surface area (Å²) < 4.78 is 5.35. The summed E-state index contributed by atoms with van der Waals surface area (Å²) in [6, 6.07) is -0.0198. The number of likely N-dealkylation sites (tertiary alicyclic amines) is 1. The SMILES string of the molecule is CC(C)(C)OC(=O)N1C[C@@H]2CC[C@@H](O)[C@H]1C2. The molecule has 0 aromatic rings. The summed E-state index contributed by atoms with van der Waals surface area (Å²) in [5, 5.41) is 9.86. The van der Waals surface area contributed by atoms with Crippen molar-refractivity contribution in [3.63, 3.8) is 0 Å². The van der Waals surface area contributed by atoms with Crippen molar-refractivity contribution in [2.75, 3.05) is 6.54 Å². The minimum atomic E-state index is -0.460. The first-order valence-electron chi connectivity index (χ1n) is 6.04. The van der Waals surface area contributed by atoms with E-state index in [0.717, 1.165) is 25.8 Å². The summed E-state index contributed by atoms with van der Waals surface area (Å²) in [5.74, 6) is 0.556. The highest BCUT2D eigenvalue weighted by Crippen LogP contribution is 2.36. The molecule has 1 amide bonds. The zero-order valence-corrected chi connectivity index (χ0v) is 10.3. The Balaban J connectivity index is 2.02. The van der Waals surface area contributed by atoms with Gasteiger partial charge in [-0.3, -0.25) is 0 Å². The van der Waals surface area contributed by atoms with E-state index in [1.54, 1.807) is 4.90 Å². The van der Waals surface area contributed by atoms with Gasteiger partial charge in [-0.05, 0) is 46.0 Å². The standard InChI is InChI=1S/C12H21NO3/c1-12(2,3)16-11(15)13-7-8-4-5-10(14)9(13)6-8/h8-10,14H,4-7H2,1-3H3/t8-,9-,10-/m1/s1. The fourth-order valence-corrected chi connectivity index (χ4v) is 2.66. The lowest BCUT2D eigenvalue weighted by molar-refractivity contribution is 0.00453. The first-order valence-corrected chi connectivity index (χ1v) is 6.04. The van der Waals surface area contributed by atoms with Gasteiger partial charge in [0.25, 0.3) is 0 Å². The number of rotatable bonds is 0. The van der Waals surface area contributed by atoms with E-state index in [0.29, 0.717) is 5.92 Å². The Hall–Kier alpha value is -0.770. The van der Waals surface area contributed by atoms with Gasteiger partial charge in [-0.15, -0.1) is 0 Å². The summed E-state index contributed by atoms with van der Waals surface area (Å²) in [4.78, 5) is 13.7. The average molecular weight is 227 g/mol. The van der Waals surface area contributed by atoms with Crippen LogP contribution < -0.4 is 0 Å². The summed E-state index contributed by atoms with van der Waals surface area (Å²) in [5.41, 5.74) is -0.460. The highest BCUT2D eigenvalue weighted by molar-refractivity contribution is 5.69. The van der Waals surface area contributed by atoms with Crippen molar-refractivity contribution in [2.45, 2.75) is 57.8 Å². The molecular weight excluding hydrogens is 206 g/mol. The molecule has 92 valence electrons. The number of aliphatic hydroxyl groups excluding tert-OH is 1. The number of aliphatic hydroxyl groups is 1. The van der Waals surface area contributed by atoms with Crippen LogP contribution in [-0.4, -0.2) is 40.4 Å². The summed E-state index contributed by atoms with van der Waals surface area (Å²) in [7, 11) is 0. The van der Waals surface area contributed by atoms with E-state index < -0.39 is 5.60 Å². The van der Waals surface area contributed by atoms with E-state index in [1.165, 1.54) is 0 Å². The van der Waals surface area contributed by atoms with Gasteiger partial charge in [0, 0.05) is 6.54 Å². The zero-order chi connectivity index (χ0) is 11.9. The van der Waals surface area contributed by atoms with Crippen LogP contribution in [0.15, 0.2) is 0 Å². The fraction of sp³-hybridized carbons (Fsp3) is 0.917. The van der Waals surface area contributed by atoms with Crippen molar-refractivity contribution in [1.29, 1.82) is 0 Å². The number of hydrogen-bond donors (Lipinski definition) is 1. The molecule has 3 atom stereocenters. The second-order valence-corrected chi connectivity index (χ2v) is 5.95. The van der Waals surface area contributed by atoms with Crippen molar-refractivity contribution in [3.8, 4) is 0 Å². The Kier molecular flexibility index (Phi) is 2.86. The van der Waals surface area contributed by atoms with Crippen LogP contribution in [0.3, 0.4) is 0 Å². The number of carbonyl (C=O) groups excluding carboxylic acids is 1. The topological polar surface area (TPSA) is 49.8 Å². The molecule has 1 aliphatic heterocycles. The Morgan fingerprint density at radius 2 is 2.06 bits per heavy atom. The zero-order valence-electron chi connectivity index (χ0n) is 10.3. The quantitative estimate of drug-likeness (QED) is 0.686. The molecule has 2 bridgehead atoms. The number of nitrogens with zero attached hydrogens (tertiary/aromatic N) is 1. The molecule has 1 aliphatic carbocycles. The van der Waals surface area contributed by atoms with Gasteiger partial charge < -0.3 is 14.7 Å². The average Bonchev–Trinajstić information content (AvgIpc) is 2.49. The Morgan fingerprint density at radius 3 is 2.69 bits per heavy atom. The molecule has 1 saturated heterocycles. The largest absolute Gasteiger partial charge is 0.444 e. The van der Waals surface area contributed by atoms with E-state index in [1.807, 2.05) is 20.8 Å². The van der Waals surface area contributed by atoms with E-state index in [2.05, 4.69) is 0 Å². The predicted octanol–water partition coefficient (Wildman–Crippen LogP) is 1.77. The van der Waals surface area contributed by atoms with Crippen molar-refractivity contribution >= 4 is 6.09 Å². The second kappa shape index (κ2) is 3.91. The maximum absolute atomic E-state index is 11.9. The first-order chi connectivity index (χ1) is 7.37. The molecule has 2 fully saturated rings. The minimum absolute atomic E-state index is 0.0198. The van der Waals surface area contributed by atoms with E-state index >= 15 is 0 Å². The summed E-state index contributed by atoms with van der Waals surface area (Å²) >= 11 is 0. The molecule has 2 rings (SSSR count). The second-order valence-electron chi connectivity index (χ2n) is 5.95. The van der Waals surface area contributed by atoms with Crippen LogP contribution >= 0.6 is 0 Å². The summed E-state index contributed by atoms with van der Waals surface area (Å²) in [6.07, 6.45) is 2.12. The van der Waals surface area contributed by atoms with Gasteiger partial charge in [0.15, 0.2) is 0 Å². The molecule has 0 spiro atoms. The highest BCUT2D eigenvalue weighted by atomic mass is 16.6. The van der Waals surface area contributed by atoms with E-state index in [4.69, 9.17) is 4.74 Å². The van der Waals surface area contributed by atoms with Crippen LogP contribution in [0.2, 0.25) is 0 Å². The van der Waals surface area contributed by atoms with Crippen molar-refractivity contribution < 1.29 is 14.6 Å². The van der Waals surface area contributed by atoms with Crippen LogP contribution in [0.4, 0.5) is 4.79 Å². The molecule has 0 aromatic carbocycles. The molecule has 1 N–H and O–H groups in total. The number of fused-ring (bicyclic) bond motifs is 2. The number of amides is 1. The van der Waals surface area contributed by atoms with Gasteiger partial charge in [-0.25, -0.2) is 4.79 Å². The van der Waals surface area contributed by atoms with Crippen LogP contribution in [0.5, 0.6) is 0 Å². The number of hydrogen-bond acceptors (Lipinski definition) is 3. The minimum Gasteiger partial charge on any atom is -0.444 e. The molecule has 4 nitrogen and oxygen atoms in total. The lowest BCUT2D eigenvalue weighted by Crippen LogP contribution is -2.44. The molecule has 0 aromatic heterocycles. The van der Waals surface area contributed by atoms with Crippen molar-refractivity contribution in [3.05, 3.63) is 0 Å². The monoisotopic (exact) mass is 227 g/mol. The Bertz CT molecular complexity index is 284. The molecule has 0 unspecified atom stereocenters. The van der Waals surface area contributed by atoms with Crippen molar-refractivity contribution in [2.24, 2.45) is 5.92 Å². The summed E-state index contributed by atoms with van der Waals surface area (Å²) in [6.45, 7) is 6.34. The smallest absolute Gasteiger partial charge is 0.410 e. The molecule has 1 heterocycles. The van der Waals surface area contributed by atoms with Gasteiger partial charge in [-0.2, -0.15) is 0 Å². The third-order valence-corrected chi connectivity index (χ3v) is 3.37. The highest BCUT2D eigenvalue weighted by Gasteiger charge is 2.44. The fourth-order valence-electron chi connectivity index (χ4n) is 2.66. The van der Waals surface area contributed by atoms with Crippen LogP contribution in [0.1, 0.15) is 40.0 Å². The van der Waals surface area contributed by atoms with Crippen molar-refractivity contribution in [1.82, 2.24) is 4.90 Å². The normalized spacial score (nSPS) is 34.0. The van der Waals surface area contributed by atoms with Gasteiger partial charge in [-0.1, -0.05) is 0 Å². The molecule has 16 heavy (non-hydrogen) atoms. The molecule has 4 heteroatoms. The van der Waals surface area contributed by atoms with Gasteiger partial charge in [0.05, 0.1) is 12.1 Å². The molecule has 1 saturated carbocycles. The molecule has 0 radical (unpaired) electrons. The first kappa shape index (κ1) is 11.7. The third-order valence-electron chi connectivity index (χ3n) is 3.37. The molecular formula is C12H21NO3. The Labute approximate surface area is 96.6 Å². The predicted molar refractivity (Wildman–Crippen MR) is 60.1 cm³/mol. The molecule has 2 aliphatic rings. The maximum atomic E-state index is 11.9. The maximum Gasteiger partial charge on any atom is 0.410 e.